The van der Waals surface area contributed by atoms with Gasteiger partial charge in [0.05, 0.1) is 5.69 Å². The lowest BCUT2D eigenvalue weighted by Crippen LogP contribution is -2.32. The minimum Gasteiger partial charge on any atom is -0.425 e. The third-order valence-corrected chi connectivity index (χ3v) is 3.26. The fourth-order valence-electron chi connectivity index (χ4n) is 2.38. The first kappa shape index (κ1) is 11.2. The summed E-state index contributed by atoms with van der Waals surface area (Å²) in [5.41, 5.74) is -1.30. The molecule has 2 rings (SSSR count). The van der Waals surface area contributed by atoms with Gasteiger partial charge in [-0.2, -0.15) is 0 Å². The molecule has 0 atom stereocenters. The zero-order valence-electron chi connectivity index (χ0n) is 9.37. The molecule has 1 N–H and O–H groups in total. The molecule has 3 nitrogen and oxygen atoms in total. The van der Waals surface area contributed by atoms with Gasteiger partial charge < -0.3 is 5.21 Å². The number of alkyl halides is 1. The Morgan fingerprint density at radius 3 is 2.56 bits per heavy atom. The molecule has 1 aromatic rings. The van der Waals surface area contributed by atoms with Crippen LogP contribution >= 0.6 is 0 Å². The van der Waals surface area contributed by atoms with Crippen LogP contribution < -0.4 is 5.56 Å². The number of rotatable bonds is 1. The van der Waals surface area contributed by atoms with E-state index < -0.39 is 11.2 Å². The SMILES string of the molecule is Cc1cc(C2(F)CCCCC2)n(O)c(=O)c1. The zero-order valence-corrected chi connectivity index (χ0v) is 9.37. The number of hydrogen-bond acceptors (Lipinski definition) is 2. The van der Waals surface area contributed by atoms with Crippen molar-refractivity contribution in [2.75, 3.05) is 0 Å². The van der Waals surface area contributed by atoms with Crippen molar-refractivity contribution in [1.82, 2.24) is 4.73 Å². The van der Waals surface area contributed by atoms with Gasteiger partial charge in [-0.25, -0.2) is 4.39 Å². The second-order valence-corrected chi connectivity index (χ2v) is 4.59. The van der Waals surface area contributed by atoms with Crippen molar-refractivity contribution in [2.24, 2.45) is 0 Å². The van der Waals surface area contributed by atoms with Crippen LogP contribution in [0, 0.1) is 6.92 Å². The molecular formula is C12H16FNO2. The van der Waals surface area contributed by atoms with E-state index in [0.29, 0.717) is 23.1 Å². The highest BCUT2D eigenvalue weighted by molar-refractivity contribution is 5.21. The summed E-state index contributed by atoms with van der Waals surface area (Å²) < 4.78 is 15.1. The summed E-state index contributed by atoms with van der Waals surface area (Å²) in [5, 5.41) is 9.60. The maximum atomic E-state index is 14.6. The van der Waals surface area contributed by atoms with Crippen molar-refractivity contribution in [2.45, 2.75) is 44.7 Å². The molecule has 0 aliphatic heterocycles. The minimum atomic E-state index is -1.54. The molecule has 0 aromatic carbocycles. The van der Waals surface area contributed by atoms with Gasteiger partial charge in [0, 0.05) is 6.07 Å². The molecule has 16 heavy (non-hydrogen) atoms. The van der Waals surface area contributed by atoms with E-state index in [-0.39, 0.29) is 5.69 Å². The lowest BCUT2D eigenvalue weighted by molar-refractivity contribution is 0.0582. The van der Waals surface area contributed by atoms with Crippen LogP contribution in [0.3, 0.4) is 0 Å². The predicted octanol–water partition coefficient (Wildman–Crippen LogP) is 2.52. The molecule has 1 aromatic heterocycles. The third-order valence-electron chi connectivity index (χ3n) is 3.26. The number of aryl methyl sites for hydroxylation is 1. The van der Waals surface area contributed by atoms with Gasteiger partial charge in [0.1, 0.15) is 0 Å². The Morgan fingerprint density at radius 1 is 1.31 bits per heavy atom. The average molecular weight is 225 g/mol. The summed E-state index contributed by atoms with van der Waals surface area (Å²) in [6.45, 7) is 1.73. The predicted molar refractivity (Wildman–Crippen MR) is 58.5 cm³/mol. The Hall–Kier alpha value is -1.32. The van der Waals surface area contributed by atoms with Gasteiger partial charge in [-0.15, -0.1) is 4.73 Å². The van der Waals surface area contributed by atoms with E-state index >= 15 is 0 Å². The quantitative estimate of drug-likeness (QED) is 0.746. The Labute approximate surface area is 93.5 Å². The molecule has 1 fully saturated rings. The molecule has 1 aliphatic carbocycles. The van der Waals surface area contributed by atoms with E-state index in [9.17, 15) is 14.4 Å². The van der Waals surface area contributed by atoms with Crippen molar-refractivity contribution in [3.8, 4) is 0 Å². The first-order chi connectivity index (χ1) is 7.53. The number of nitrogens with zero attached hydrogens (tertiary/aromatic N) is 1. The molecule has 0 spiro atoms. The number of pyridine rings is 1. The van der Waals surface area contributed by atoms with E-state index in [0.717, 1.165) is 19.3 Å². The normalized spacial score (nSPS) is 19.6. The second kappa shape index (κ2) is 3.92. The molecule has 1 heterocycles. The molecule has 0 saturated heterocycles. The van der Waals surface area contributed by atoms with Crippen LogP contribution in [0.15, 0.2) is 16.9 Å². The highest BCUT2D eigenvalue weighted by atomic mass is 19.1. The summed E-state index contributed by atoms with van der Waals surface area (Å²) in [6.07, 6.45) is 3.40. The smallest absolute Gasteiger partial charge is 0.283 e. The maximum Gasteiger partial charge on any atom is 0.283 e. The Kier molecular flexibility index (Phi) is 2.74. The second-order valence-electron chi connectivity index (χ2n) is 4.59. The van der Waals surface area contributed by atoms with Crippen molar-refractivity contribution in [1.29, 1.82) is 0 Å². The van der Waals surface area contributed by atoms with Crippen molar-refractivity contribution >= 4 is 0 Å². The van der Waals surface area contributed by atoms with Crippen molar-refractivity contribution in [3.63, 3.8) is 0 Å². The van der Waals surface area contributed by atoms with E-state index in [1.807, 2.05) is 0 Å². The van der Waals surface area contributed by atoms with Gasteiger partial charge in [0.25, 0.3) is 5.56 Å². The molecule has 1 saturated carbocycles. The summed E-state index contributed by atoms with van der Waals surface area (Å²) >= 11 is 0. The lowest BCUT2D eigenvalue weighted by atomic mass is 9.83. The van der Waals surface area contributed by atoms with Crippen LogP contribution in [0.25, 0.3) is 0 Å². The van der Waals surface area contributed by atoms with Gasteiger partial charge in [0.15, 0.2) is 5.67 Å². The fourth-order valence-corrected chi connectivity index (χ4v) is 2.38. The molecular weight excluding hydrogens is 209 g/mol. The molecule has 0 amide bonds. The van der Waals surface area contributed by atoms with E-state index in [4.69, 9.17) is 0 Å². The van der Waals surface area contributed by atoms with Gasteiger partial charge in [0.2, 0.25) is 0 Å². The molecule has 4 heteroatoms. The Balaban J connectivity index is 2.50. The van der Waals surface area contributed by atoms with Crippen LogP contribution in [-0.4, -0.2) is 9.94 Å². The third kappa shape index (κ3) is 1.84. The largest absolute Gasteiger partial charge is 0.425 e. The summed E-state index contributed by atoms with van der Waals surface area (Å²) in [5.74, 6) is 0. The van der Waals surface area contributed by atoms with E-state index in [2.05, 4.69) is 0 Å². The molecule has 0 radical (unpaired) electrons. The van der Waals surface area contributed by atoms with Crippen LogP contribution in [0.1, 0.15) is 43.4 Å². The first-order valence-electron chi connectivity index (χ1n) is 5.65. The Bertz CT molecular complexity index is 447. The van der Waals surface area contributed by atoms with E-state index in [1.54, 1.807) is 13.0 Å². The van der Waals surface area contributed by atoms with Gasteiger partial charge in [-0.3, -0.25) is 4.79 Å². The highest BCUT2D eigenvalue weighted by Gasteiger charge is 2.36. The Morgan fingerprint density at radius 2 is 1.94 bits per heavy atom. The van der Waals surface area contributed by atoms with E-state index in [1.165, 1.54) is 6.07 Å². The number of hydrogen-bond donors (Lipinski definition) is 1. The van der Waals surface area contributed by atoms with Gasteiger partial charge in [-0.1, -0.05) is 6.42 Å². The fraction of sp³-hybridized carbons (Fsp3) is 0.583. The van der Waals surface area contributed by atoms with Crippen molar-refractivity contribution < 1.29 is 9.60 Å². The maximum absolute atomic E-state index is 14.6. The zero-order chi connectivity index (χ0) is 11.8. The van der Waals surface area contributed by atoms with Crippen LogP contribution in [-0.2, 0) is 5.67 Å². The van der Waals surface area contributed by atoms with Crippen molar-refractivity contribution in [3.05, 3.63) is 33.7 Å². The lowest BCUT2D eigenvalue weighted by Gasteiger charge is -2.30. The number of halogens is 1. The highest BCUT2D eigenvalue weighted by Crippen LogP contribution is 2.40. The number of aromatic nitrogens is 1. The molecule has 0 unspecified atom stereocenters. The summed E-state index contributed by atoms with van der Waals surface area (Å²) in [7, 11) is 0. The molecule has 1 aliphatic rings. The molecule has 0 bridgehead atoms. The van der Waals surface area contributed by atoms with Gasteiger partial charge >= 0.3 is 0 Å². The summed E-state index contributed by atoms with van der Waals surface area (Å²) in [6, 6.07) is 2.86. The monoisotopic (exact) mass is 225 g/mol. The average Bonchev–Trinajstić information content (AvgIpc) is 2.24. The van der Waals surface area contributed by atoms with Crippen LogP contribution in [0.5, 0.6) is 0 Å². The summed E-state index contributed by atoms with van der Waals surface area (Å²) in [4.78, 5) is 11.4. The van der Waals surface area contributed by atoms with Crippen LogP contribution in [0.2, 0.25) is 0 Å². The van der Waals surface area contributed by atoms with Gasteiger partial charge in [-0.05, 0) is 44.2 Å². The first-order valence-corrected chi connectivity index (χ1v) is 5.65. The standard InChI is InChI=1S/C12H16FNO2/c1-9-7-10(14(16)11(15)8-9)12(13)5-3-2-4-6-12/h7-8,16H,2-6H2,1H3. The van der Waals surface area contributed by atoms with Crippen LogP contribution in [0.4, 0.5) is 4.39 Å². The molecule has 88 valence electrons. The topological polar surface area (TPSA) is 42.2 Å². The minimum absolute atomic E-state index is 0.109.